The van der Waals surface area contributed by atoms with E-state index in [2.05, 4.69) is 10.2 Å². The Kier molecular flexibility index (Phi) is 7.12. The second-order valence-electron chi connectivity index (χ2n) is 6.00. The molecule has 1 saturated heterocycles. The quantitative estimate of drug-likeness (QED) is 0.780. The Morgan fingerprint density at radius 3 is 2.59 bits per heavy atom. The number of aromatic nitrogens is 1. The van der Waals surface area contributed by atoms with E-state index in [4.69, 9.17) is 0 Å². The number of likely N-dealkylation sites (tertiary alicyclic amines) is 1. The summed E-state index contributed by atoms with van der Waals surface area (Å²) >= 11 is 1.19. The van der Waals surface area contributed by atoms with Gasteiger partial charge in [0, 0.05) is 30.6 Å². The summed E-state index contributed by atoms with van der Waals surface area (Å²) in [6.45, 7) is 6.59. The van der Waals surface area contributed by atoms with Crippen LogP contribution in [0.5, 0.6) is 0 Å². The summed E-state index contributed by atoms with van der Waals surface area (Å²) in [5.41, 5.74) is 0.934. The first-order valence-electron chi connectivity index (χ1n) is 8.31. The lowest BCUT2D eigenvalue weighted by Crippen LogP contribution is -2.31. The van der Waals surface area contributed by atoms with E-state index in [-0.39, 0.29) is 10.8 Å². The van der Waals surface area contributed by atoms with Gasteiger partial charge in [0.05, 0.1) is 0 Å². The van der Waals surface area contributed by atoms with E-state index in [1.54, 1.807) is 4.57 Å². The minimum atomic E-state index is 0.0199. The Morgan fingerprint density at radius 2 is 1.95 bits per heavy atom. The van der Waals surface area contributed by atoms with Crippen LogP contribution in [0.4, 0.5) is 0 Å². The first-order valence-corrected chi connectivity index (χ1v) is 9.19. The summed E-state index contributed by atoms with van der Waals surface area (Å²) < 4.78 is 1.67. The smallest absolute Gasteiger partial charge is 0.307 e. The van der Waals surface area contributed by atoms with Gasteiger partial charge in [0.1, 0.15) is 0 Å². The van der Waals surface area contributed by atoms with Crippen LogP contribution in [0.2, 0.25) is 0 Å². The van der Waals surface area contributed by atoms with E-state index >= 15 is 0 Å². The highest BCUT2D eigenvalue weighted by molar-refractivity contribution is 7.07. The number of amides is 1. The van der Waals surface area contributed by atoms with Gasteiger partial charge in [0.2, 0.25) is 5.91 Å². The molecular weight excluding hydrogens is 298 g/mol. The molecule has 124 valence electrons. The van der Waals surface area contributed by atoms with E-state index < -0.39 is 0 Å². The molecule has 2 heterocycles. The highest BCUT2D eigenvalue weighted by atomic mass is 32.1. The molecule has 1 aromatic rings. The average Bonchev–Trinajstić information content (AvgIpc) is 2.71. The molecule has 1 fully saturated rings. The predicted molar refractivity (Wildman–Crippen MR) is 90.5 cm³/mol. The van der Waals surface area contributed by atoms with Crippen molar-refractivity contribution in [2.75, 3.05) is 26.2 Å². The van der Waals surface area contributed by atoms with E-state index in [1.165, 1.54) is 50.1 Å². The fourth-order valence-corrected chi connectivity index (χ4v) is 3.63. The first-order chi connectivity index (χ1) is 10.7. The van der Waals surface area contributed by atoms with Crippen molar-refractivity contribution in [1.82, 2.24) is 14.8 Å². The van der Waals surface area contributed by atoms with Crippen molar-refractivity contribution in [3.63, 3.8) is 0 Å². The van der Waals surface area contributed by atoms with Crippen LogP contribution in [-0.4, -0.2) is 41.6 Å². The van der Waals surface area contributed by atoms with Gasteiger partial charge in [0.15, 0.2) is 0 Å². The van der Waals surface area contributed by atoms with Crippen molar-refractivity contribution < 1.29 is 4.79 Å². The van der Waals surface area contributed by atoms with Crippen LogP contribution in [0.1, 0.15) is 44.2 Å². The van der Waals surface area contributed by atoms with Gasteiger partial charge >= 0.3 is 4.87 Å². The number of carbonyl (C=O) groups is 1. The molecule has 6 heteroatoms. The van der Waals surface area contributed by atoms with Crippen LogP contribution in [0.25, 0.3) is 0 Å². The van der Waals surface area contributed by atoms with Crippen molar-refractivity contribution in [1.29, 1.82) is 0 Å². The van der Waals surface area contributed by atoms with Gasteiger partial charge in [-0.15, -0.1) is 0 Å². The molecule has 0 aliphatic carbocycles. The van der Waals surface area contributed by atoms with E-state index in [0.717, 1.165) is 25.2 Å². The monoisotopic (exact) mass is 325 g/mol. The molecule has 1 amide bonds. The lowest BCUT2D eigenvalue weighted by molar-refractivity contribution is -0.121. The third-order valence-corrected chi connectivity index (χ3v) is 5.09. The van der Waals surface area contributed by atoms with Gasteiger partial charge in [-0.1, -0.05) is 24.2 Å². The SMILES string of the molecule is Cc1csc(=O)n1CCC(=O)NCCCN1CCCCCC1. The van der Waals surface area contributed by atoms with Crippen LogP contribution in [0.3, 0.4) is 0 Å². The molecular formula is C16H27N3O2S. The highest BCUT2D eigenvalue weighted by Gasteiger charge is 2.09. The zero-order valence-electron chi connectivity index (χ0n) is 13.5. The average molecular weight is 325 g/mol. The minimum Gasteiger partial charge on any atom is -0.356 e. The lowest BCUT2D eigenvalue weighted by Gasteiger charge is -2.19. The molecule has 0 radical (unpaired) electrons. The summed E-state index contributed by atoms with van der Waals surface area (Å²) in [7, 11) is 0. The minimum absolute atomic E-state index is 0.0199. The molecule has 0 bridgehead atoms. The molecule has 2 rings (SSSR count). The molecule has 1 N–H and O–H groups in total. The van der Waals surface area contributed by atoms with Gasteiger partial charge in [-0.25, -0.2) is 0 Å². The fourth-order valence-electron chi connectivity index (χ4n) is 2.87. The molecule has 0 saturated carbocycles. The number of carbonyl (C=O) groups excluding carboxylic acids is 1. The van der Waals surface area contributed by atoms with Gasteiger partial charge in [0.25, 0.3) is 0 Å². The number of nitrogens with zero attached hydrogens (tertiary/aromatic N) is 2. The van der Waals surface area contributed by atoms with Crippen LogP contribution in [0.15, 0.2) is 10.2 Å². The third-order valence-electron chi connectivity index (χ3n) is 4.21. The Hall–Kier alpha value is -1.14. The molecule has 0 atom stereocenters. The number of hydrogen-bond acceptors (Lipinski definition) is 4. The highest BCUT2D eigenvalue weighted by Crippen LogP contribution is 2.09. The van der Waals surface area contributed by atoms with Gasteiger partial charge in [-0.3, -0.25) is 9.59 Å². The number of aryl methyl sites for hydroxylation is 1. The van der Waals surface area contributed by atoms with E-state index in [1.807, 2.05) is 12.3 Å². The van der Waals surface area contributed by atoms with Crippen LogP contribution >= 0.6 is 11.3 Å². The van der Waals surface area contributed by atoms with Crippen LogP contribution in [0, 0.1) is 6.92 Å². The van der Waals surface area contributed by atoms with E-state index in [9.17, 15) is 9.59 Å². The zero-order valence-corrected chi connectivity index (χ0v) is 14.3. The number of thiazole rings is 1. The predicted octanol–water partition coefficient (Wildman–Crippen LogP) is 1.99. The number of hydrogen-bond donors (Lipinski definition) is 1. The summed E-state index contributed by atoms with van der Waals surface area (Å²) in [5, 5.41) is 4.80. The maximum Gasteiger partial charge on any atom is 0.307 e. The largest absolute Gasteiger partial charge is 0.356 e. The molecule has 1 aliphatic heterocycles. The zero-order chi connectivity index (χ0) is 15.8. The van der Waals surface area contributed by atoms with Crippen molar-refractivity contribution in [3.05, 3.63) is 20.7 Å². The molecule has 0 aromatic carbocycles. The molecule has 5 nitrogen and oxygen atoms in total. The topological polar surface area (TPSA) is 54.3 Å². The van der Waals surface area contributed by atoms with Gasteiger partial charge < -0.3 is 14.8 Å². The lowest BCUT2D eigenvalue weighted by atomic mass is 10.2. The third kappa shape index (κ3) is 5.57. The summed E-state index contributed by atoms with van der Waals surface area (Å²) in [6, 6.07) is 0. The van der Waals surface area contributed by atoms with Crippen LogP contribution < -0.4 is 10.2 Å². The van der Waals surface area contributed by atoms with E-state index in [0.29, 0.717) is 13.0 Å². The fraction of sp³-hybridized carbons (Fsp3) is 0.750. The van der Waals surface area contributed by atoms with Crippen molar-refractivity contribution in [3.8, 4) is 0 Å². The summed E-state index contributed by atoms with van der Waals surface area (Å²) in [5.74, 6) is 0.0355. The maximum atomic E-state index is 11.8. The summed E-state index contributed by atoms with van der Waals surface area (Å²) in [6.07, 6.45) is 6.70. The van der Waals surface area contributed by atoms with Crippen LogP contribution in [-0.2, 0) is 11.3 Å². The molecule has 0 unspecified atom stereocenters. The van der Waals surface area contributed by atoms with Gasteiger partial charge in [-0.2, -0.15) is 0 Å². The normalized spacial score (nSPS) is 16.4. The Balaban J connectivity index is 1.58. The van der Waals surface area contributed by atoms with Crippen molar-refractivity contribution in [2.24, 2.45) is 0 Å². The molecule has 0 spiro atoms. The Morgan fingerprint density at radius 1 is 1.23 bits per heavy atom. The second kappa shape index (κ2) is 9.10. The number of nitrogens with one attached hydrogen (secondary N) is 1. The molecule has 1 aromatic heterocycles. The Bertz CT molecular complexity index is 516. The van der Waals surface area contributed by atoms with Crippen molar-refractivity contribution >= 4 is 17.2 Å². The second-order valence-corrected chi connectivity index (χ2v) is 6.82. The summed E-state index contributed by atoms with van der Waals surface area (Å²) in [4.78, 5) is 25.9. The Labute approximate surface area is 136 Å². The maximum absolute atomic E-state index is 11.8. The van der Waals surface area contributed by atoms with Crippen molar-refractivity contribution in [2.45, 2.75) is 52.0 Å². The molecule has 1 aliphatic rings. The number of rotatable bonds is 7. The standard InChI is InChI=1S/C16H27N3O2S/c1-14-13-22-16(21)19(14)12-7-15(20)17-8-6-11-18-9-4-2-3-5-10-18/h13H,2-12H2,1H3,(H,17,20). The first kappa shape index (κ1) is 17.2. The molecule has 22 heavy (non-hydrogen) atoms. The van der Waals surface area contributed by atoms with Gasteiger partial charge in [-0.05, 0) is 45.8 Å².